The van der Waals surface area contributed by atoms with Gasteiger partial charge in [-0.2, -0.15) is 0 Å². The maximum absolute atomic E-state index is 12.1. The van der Waals surface area contributed by atoms with E-state index in [4.69, 9.17) is 16.3 Å². The molecule has 1 heterocycles. The molecule has 6 heteroatoms. The van der Waals surface area contributed by atoms with Crippen molar-refractivity contribution in [1.82, 2.24) is 4.98 Å². The Morgan fingerprint density at radius 2 is 1.59 bits per heavy atom. The Hall–Kier alpha value is -3.41. The monoisotopic (exact) mass is 585 g/mol. The number of aliphatic carboxylic acids is 1. The van der Waals surface area contributed by atoms with Gasteiger partial charge in [-0.05, 0) is 66.1 Å². The van der Waals surface area contributed by atoms with Gasteiger partial charge in [0.2, 0.25) is 0 Å². The topological polar surface area (TPSA) is 62.3 Å². The number of hydrogen-bond donors (Lipinski definition) is 2. The molecule has 41 heavy (non-hydrogen) atoms. The summed E-state index contributed by atoms with van der Waals surface area (Å²) in [5.74, 6) is 0.00284. The molecule has 0 aliphatic rings. The van der Waals surface area contributed by atoms with Crippen LogP contribution in [-0.4, -0.2) is 20.8 Å². The second-order valence-corrected chi connectivity index (χ2v) is 14.5. The summed E-state index contributed by atoms with van der Waals surface area (Å²) in [7, 11) is 0. The summed E-state index contributed by atoms with van der Waals surface area (Å²) < 4.78 is 6.48. The molecule has 0 unspecified atom stereocenters. The standard InChI is InChI=1S/C35H36ClNO3S/c1-34(2,3)41-32-29(20-35(4,5)33(38)39)37-28-16-17-30(27(31(28)32)19-22-11-14-26(36)15-12-22)40-21-23-10-13-24-8-6-7-9-25(24)18-23/h6-18,37H,19-21H2,1-5H3,(H,38,39). The van der Waals surface area contributed by atoms with Gasteiger partial charge in [0.25, 0.3) is 0 Å². The van der Waals surface area contributed by atoms with Crippen LogP contribution in [0, 0.1) is 5.41 Å². The first-order valence-corrected chi connectivity index (χ1v) is 15.0. The fourth-order valence-corrected chi connectivity index (χ4v) is 6.35. The zero-order valence-corrected chi connectivity index (χ0v) is 25.7. The van der Waals surface area contributed by atoms with Crippen LogP contribution in [0.1, 0.15) is 57.0 Å². The van der Waals surface area contributed by atoms with Gasteiger partial charge in [-0.1, -0.05) is 80.9 Å². The lowest BCUT2D eigenvalue weighted by Gasteiger charge is -2.23. The van der Waals surface area contributed by atoms with E-state index in [9.17, 15) is 9.90 Å². The zero-order valence-electron chi connectivity index (χ0n) is 24.2. The molecule has 1 aromatic heterocycles. The first-order chi connectivity index (χ1) is 19.4. The second kappa shape index (κ2) is 11.5. The number of H-pyrrole nitrogens is 1. The van der Waals surface area contributed by atoms with Gasteiger partial charge in [0, 0.05) is 49.7 Å². The van der Waals surface area contributed by atoms with Crippen LogP contribution in [0.2, 0.25) is 5.02 Å². The third-order valence-corrected chi connectivity index (χ3v) is 8.68. The summed E-state index contributed by atoms with van der Waals surface area (Å²) in [6, 6.07) is 26.8. The van der Waals surface area contributed by atoms with Crippen LogP contribution >= 0.6 is 23.4 Å². The van der Waals surface area contributed by atoms with Crippen LogP contribution in [0.4, 0.5) is 0 Å². The fraction of sp³-hybridized carbons (Fsp3) is 0.286. The average molecular weight is 586 g/mol. The number of benzene rings is 4. The SMILES string of the molecule is CC(C)(C)Sc1c(CC(C)(C)C(=O)O)[nH]c2ccc(OCc3ccc4ccccc4c3)c(Cc3ccc(Cl)cc3)c12. The molecule has 5 aromatic rings. The van der Waals surface area contributed by atoms with Gasteiger partial charge >= 0.3 is 5.97 Å². The number of ether oxygens (including phenoxy) is 1. The number of hydrogen-bond acceptors (Lipinski definition) is 3. The second-order valence-electron chi connectivity index (χ2n) is 12.3. The van der Waals surface area contributed by atoms with Crippen LogP contribution in [0.3, 0.4) is 0 Å². The fourth-order valence-electron chi connectivity index (χ4n) is 5.03. The van der Waals surface area contributed by atoms with Crippen LogP contribution in [0.5, 0.6) is 5.75 Å². The van der Waals surface area contributed by atoms with Crippen molar-refractivity contribution in [2.24, 2.45) is 5.41 Å². The third kappa shape index (κ3) is 6.74. The highest BCUT2D eigenvalue weighted by Crippen LogP contribution is 2.45. The molecule has 0 atom stereocenters. The van der Waals surface area contributed by atoms with E-state index < -0.39 is 11.4 Å². The molecule has 0 bridgehead atoms. The minimum absolute atomic E-state index is 0.0866. The summed E-state index contributed by atoms with van der Waals surface area (Å²) in [4.78, 5) is 16.8. The molecular formula is C35H36ClNO3S. The number of carboxylic acid groups (broad SMARTS) is 1. The van der Waals surface area contributed by atoms with Gasteiger partial charge in [0.15, 0.2) is 0 Å². The predicted molar refractivity (Wildman–Crippen MR) is 172 cm³/mol. The number of aromatic nitrogens is 1. The summed E-state index contributed by atoms with van der Waals surface area (Å²) in [6.45, 7) is 10.5. The highest BCUT2D eigenvalue weighted by molar-refractivity contribution is 8.00. The lowest BCUT2D eigenvalue weighted by Crippen LogP contribution is -2.26. The molecule has 0 saturated carbocycles. The van der Waals surface area contributed by atoms with E-state index in [-0.39, 0.29) is 4.75 Å². The largest absolute Gasteiger partial charge is 0.489 e. The highest BCUT2D eigenvalue weighted by atomic mass is 35.5. The van der Waals surface area contributed by atoms with Crippen molar-refractivity contribution in [2.45, 2.75) is 63.7 Å². The molecule has 0 fully saturated rings. The Bertz CT molecular complexity index is 1710. The molecule has 4 nitrogen and oxygen atoms in total. The van der Waals surface area contributed by atoms with Crippen molar-refractivity contribution in [1.29, 1.82) is 0 Å². The van der Waals surface area contributed by atoms with Gasteiger partial charge in [-0.25, -0.2) is 0 Å². The molecule has 0 aliphatic carbocycles. The zero-order chi connectivity index (χ0) is 29.4. The van der Waals surface area contributed by atoms with Gasteiger partial charge in [-0.3, -0.25) is 4.79 Å². The number of carboxylic acids is 1. The Morgan fingerprint density at radius 1 is 0.902 bits per heavy atom. The van der Waals surface area contributed by atoms with E-state index in [1.807, 2.05) is 36.4 Å². The van der Waals surface area contributed by atoms with Gasteiger partial charge in [0.05, 0.1) is 5.41 Å². The summed E-state index contributed by atoms with van der Waals surface area (Å²) >= 11 is 7.97. The normalized spacial score (nSPS) is 12.2. The molecule has 5 rings (SSSR count). The van der Waals surface area contributed by atoms with E-state index in [1.165, 1.54) is 10.8 Å². The Balaban J connectivity index is 1.63. The molecule has 212 valence electrons. The van der Waals surface area contributed by atoms with Crippen LogP contribution in [0.15, 0.2) is 83.8 Å². The minimum atomic E-state index is -0.917. The highest BCUT2D eigenvalue weighted by Gasteiger charge is 2.32. The van der Waals surface area contributed by atoms with E-state index in [0.717, 1.165) is 43.9 Å². The lowest BCUT2D eigenvalue weighted by molar-refractivity contribution is -0.146. The number of rotatable bonds is 9. The van der Waals surface area contributed by atoms with Crippen molar-refractivity contribution < 1.29 is 14.6 Å². The van der Waals surface area contributed by atoms with Crippen LogP contribution < -0.4 is 4.74 Å². The van der Waals surface area contributed by atoms with E-state index in [1.54, 1.807) is 25.6 Å². The molecule has 2 N–H and O–H groups in total. The minimum Gasteiger partial charge on any atom is -0.489 e. The quantitative estimate of drug-likeness (QED) is 0.169. The summed E-state index contributed by atoms with van der Waals surface area (Å²) in [5.41, 5.74) is 4.31. The number of halogens is 1. The molecule has 0 radical (unpaired) electrons. The predicted octanol–water partition coefficient (Wildman–Crippen LogP) is 9.69. The van der Waals surface area contributed by atoms with E-state index in [2.05, 4.69) is 68.2 Å². The van der Waals surface area contributed by atoms with Gasteiger partial charge in [-0.15, -0.1) is 11.8 Å². The van der Waals surface area contributed by atoms with Gasteiger partial charge < -0.3 is 14.8 Å². The molecule has 0 saturated heterocycles. The van der Waals surface area contributed by atoms with E-state index in [0.29, 0.717) is 24.5 Å². The summed E-state index contributed by atoms with van der Waals surface area (Å²) in [6.07, 6.45) is 1.04. The third-order valence-electron chi connectivity index (χ3n) is 7.16. The number of fused-ring (bicyclic) bond motifs is 2. The maximum Gasteiger partial charge on any atom is 0.309 e. The molecule has 0 spiro atoms. The maximum atomic E-state index is 12.1. The van der Waals surface area contributed by atoms with E-state index >= 15 is 0 Å². The molecule has 4 aromatic carbocycles. The van der Waals surface area contributed by atoms with Crippen molar-refractivity contribution in [2.75, 3.05) is 0 Å². The van der Waals surface area contributed by atoms with Crippen molar-refractivity contribution in [3.8, 4) is 5.75 Å². The first-order valence-electron chi connectivity index (χ1n) is 13.8. The average Bonchev–Trinajstić information content (AvgIpc) is 3.24. The number of nitrogens with one attached hydrogen (secondary N) is 1. The Labute approximate surface area is 251 Å². The van der Waals surface area contributed by atoms with Crippen molar-refractivity contribution in [3.05, 3.63) is 106 Å². The number of thioether (sulfide) groups is 1. The van der Waals surface area contributed by atoms with Crippen LogP contribution in [0.25, 0.3) is 21.7 Å². The first kappa shape index (κ1) is 29.1. The van der Waals surface area contributed by atoms with Crippen molar-refractivity contribution >= 4 is 51.0 Å². The Morgan fingerprint density at radius 3 is 2.27 bits per heavy atom. The molecule has 0 aliphatic heterocycles. The number of aromatic amines is 1. The number of carbonyl (C=O) groups is 1. The summed E-state index contributed by atoms with van der Waals surface area (Å²) in [5, 5.41) is 14.1. The van der Waals surface area contributed by atoms with Crippen molar-refractivity contribution in [3.63, 3.8) is 0 Å². The molecule has 0 amide bonds. The Kier molecular flexibility index (Phi) is 8.13. The van der Waals surface area contributed by atoms with Crippen LogP contribution in [-0.2, 0) is 24.2 Å². The molecular weight excluding hydrogens is 550 g/mol. The smallest absolute Gasteiger partial charge is 0.309 e. The van der Waals surface area contributed by atoms with Gasteiger partial charge in [0.1, 0.15) is 12.4 Å². The lowest BCUT2D eigenvalue weighted by atomic mass is 9.88.